The van der Waals surface area contributed by atoms with Crippen molar-refractivity contribution in [2.24, 2.45) is 0 Å². The highest BCUT2D eigenvalue weighted by molar-refractivity contribution is 5.94. The predicted molar refractivity (Wildman–Crippen MR) is 74.7 cm³/mol. The van der Waals surface area contributed by atoms with Gasteiger partial charge in [-0.1, -0.05) is 24.7 Å². The van der Waals surface area contributed by atoms with Gasteiger partial charge >= 0.3 is 0 Å². The van der Waals surface area contributed by atoms with Crippen LogP contribution in [0.15, 0.2) is 18.2 Å². The minimum absolute atomic E-state index is 0.0663. The van der Waals surface area contributed by atoms with Crippen molar-refractivity contribution in [2.45, 2.75) is 25.7 Å². The van der Waals surface area contributed by atoms with Gasteiger partial charge in [-0.05, 0) is 31.0 Å². The van der Waals surface area contributed by atoms with Crippen molar-refractivity contribution < 1.29 is 14.3 Å². The molecule has 0 atom stereocenters. The number of aliphatic hydroxyl groups is 1. The van der Waals surface area contributed by atoms with Crippen LogP contribution in [0.2, 0.25) is 0 Å². The van der Waals surface area contributed by atoms with Gasteiger partial charge in [0.25, 0.3) is 5.91 Å². The molecule has 106 valence electrons. The Morgan fingerprint density at radius 2 is 1.95 bits per heavy atom. The molecule has 1 fully saturated rings. The van der Waals surface area contributed by atoms with Crippen molar-refractivity contribution in [1.82, 2.24) is 4.90 Å². The van der Waals surface area contributed by atoms with Crippen LogP contribution in [0, 0.1) is 17.7 Å². The van der Waals surface area contributed by atoms with Crippen LogP contribution in [0.1, 0.15) is 41.6 Å². The lowest BCUT2D eigenvalue weighted by atomic mass is 10.1. The van der Waals surface area contributed by atoms with Crippen LogP contribution in [0.3, 0.4) is 0 Å². The second-order valence-corrected chi connectivity index (χ2v) is 4.86. The number of rotatable bonds is 1. The number of likely N-dealkylation sites (tertiary alicyclic amines) is 1. The molecule has 1 aliphatic rings. The Labute approximate surface area is 118 Å². The molecule has 1 saturated heterocycles. The Kier molecular flexibility index (Phi) is 5.14. The zero-order chi connectivity index (χ0) is 14.4. The number of carbonyl (C=O) groups is 1. The summed E-state index contributed by atoms with van der Waals surface area (Å²) < 4.78 is 13.9. The van der Waals surface area contributed by atoms with E-state index in [1.807, 2.05) is 0 Å². The van der Waals surface area contributed by atoms with E-state index in [1.165, 1.54) is 18.2 Å². The molecule has 3 nitrogen and oxygen atoms in total. The Balaban J connectivity index is 2.23. The lowest BCUT2D eigenvalue weighted by molar-refractivity contribution is 0.0757. The van der Waals surface area contributed by atoms with E-state index in [9.17, 15) is 9.18 Å². The molecule has 1 aliphatic heterocycles. The maximum Gasteiger partial charge on any atom is 0.256 e. The monoisotopic (exact) mass is 275 g/mol. The smallest absolute Gasteiger partial charge is 0.256 e. The highest BCUT2D eigenvalue weighted by Crippen LogP contribution is 2.16. The summed E-state index contributed by atoms with van der Waals surface area (Å²) in [7, 11) is 0. The molecular weight excluding hydrogens is 257 g/mol. The van der Waals surface area contributed by atoms with Gasteiger partial charge in [-0.3, -0.25) is 4.79 Å². The molecule has 2 rings (SSSR count). The fourth-order valence-corrected chi connectivity index (χ4v) is 2.35. The molecule has 1 aromatic carbocycles. The van der Waals surface area contributed by atoms with E-state index in [4.69, 9.17) is 5.11 Å². The molecule has 0 spiro atoms. The van der Waals surface area contributed by atoms with E-state index >= 15 is 0 Å². The number of hydrogen-bond donors (Lipinski definition) is 1. The van der Waals surface area contributed by atoms with E-state index in [-0.39, 0.29) is 18.1 Å². The van der Waals surface area contributed by atoms with Crippen LogP contribution in [0.5, 0.6) is 0 Å². The first-order valence-electron chi connectivity index (χ1n) is 6.91. The molecule has 20 heavy (non-hydrogen) atoms. The summed E-state index contributed by atoms with van der Waals surface area (Å²) in [6.45, 7) is 1.11. The summed E-state index contributed by atoms with van der Waals surface area (Å²) in [6, 6.07) is 4.23. The largest absolute Gasteiger partial charge is 0.384 e. The Morgan fingerprint density at radius 1 is 1.25 bits per heavy atom. The molecule has 0 bridgehead atoms. The average molecular weight is 275 g/mol. The number of benzene rings is 1. The number of amides is 1. The number of halogens is 1. The molecule has 1 heterocycles. The van der Waals surface area contributed by atoms with Gasteiger partial charge in [0.15, 0.2) is 0 Å². The summed E-state index contributed by atoms with van der Waals surface area (Å²) in [5.41, 5.74) is 0.607. The van der Waals surface area contributed by atoms with Gasteiger partial charge in [-0.15, -0.1) is 0 Å². The van der Waals surface area contributed by atoms with Crippen LogP contribution < -0.4 is 0 Å². The maximum atomic E-state index is 13.9. The van der Waals surface area contributed by atoms with E-state index in [2.05, 4.69) is 11.8 Å². The van der Waals surface area contributed by atoms with Crippen LogP contribution in [-0.4, -0.2) is 35.6 Å². The lowest BCUT2D eigenvalue weighted by Crippen LogP contribution is -2.32. The third-order valence-corrected chi connectivity index (χ3v) is 3.40. The zero-order valence-electron chi connectivity index (χ0n) is 11.4. The van der Waals surface area contributed by atoms with Gasteiger partial charge < -0.3 is 10.0 Å². The quantitative estimate of drug-likeness (QED) is 0.798. The van der Waals surface area contributed by atoms with Crippen molar-refractivity contribution in [3.05, 3.63) is 35.1 Å². The summed E-state index contributed by atoms with van der Waals surface area (Å²) >= 11 is 0. The molecule has 0 aliphatic carbocycles. The highest BCUT2D eigenvalue weighted by Gasteiger charge is 2.20. The zero-order valence-corrected chi connectivity index (χ0v) is 11.4. The van der Waals surface area contributed by atoms with Crippen LogP contribution >= 0.6 is 0 Å². The van der Waals surface area contributed by atoms with Gasteiger partial charge in [0.05, 0.1) is 5.56 Å². The van der Waals surface area contributed by atoms with Gasteiger partial charge in [0.2, 0.25) is 0 Å². The number of nitrogens with zero attached hydrogens (tertiary/aromatic N) is 1. The minimum atomic E-state index is -0.520. The van der Waals surface area contributed by atoms with Crippen molar-refractivity contribution in [3.8, 4) is 11.8 Å². The van der Waals surface area contributed by atoms with E-state index in [0.29, 0.717) is 18.7 Å². The SMILES string of the molecule is O=C(c1cc(C#CCO)ccc1F)N1CCCCCC1. The first kappa shape index (κ1) is 14.5. The van der Waals surface area contributed by atoms with Gasteiger partial charge in [-0.2, -0.15) is 0 Å². The number of carbonyl (C=O) groups excluding carboxylic acids is 1. The van der Waals surface area contributed by atoms with E-state index < -0.39 is 5.82 Å². The lowest BCUT2D eigenvalue weighted by Gasteiger charge is -2.20. The summed E-state index contributed by atoms with van der Waals surface area (Å²) in [5.74, 6) is 4.41. The van der Waals surface area contributed by atoms with Crippen molar-refractivity contribution in [2.75, 3.05) is 19.7 Å². The second-order valence-electron chi connectivity index (χ2n) is 4.86. The third-order valence-electron chi connectivity index (χ3n) is 3.40. The predicted octanol–water partition coefficient (Wildman–Crippen LogP) is 2.19. The van der Waals surface area contributed by atoms with Crippen molar-refractivity contribution in [3.63, 3.8) is 0 Å². The normalized spacial score (nSPS) is 15.2. The fraction of sp³-hybridized carbons (Fsp3) is 0.438. The van der Waals surface area contributed by atoms with Gasteiger partial charge in [0.1, 0.15) is 12.4 Å². The number of hydrogen-bond acceptors (Lipinski definition) is 2. The van der Waals surface area contributed by atoms with Gasteiger partial charge in [0, 0.05) is 18.7 Å². The Bertz CT molecular complexity index is 537. The first-order chi connectivity index (χ1) is 9.72. The molecule has 0 saturated carbocycles. The molecule has 0 unspecified atom stereocenters. The van der Waals surface area contributed by atoms with Gasteiger partial charge in [-0.25, -0.2) is 4.39 Å². The maximum absolute atomic E-state index is 13.9. The third kappa shape index (κ3) is 3.58. The number of aliphatic hydroxyl groups excluding tert-OH is 1. The highest BCUT2D eigenvalue weighted by atomic mass is 19.1. The van der Waals surface area contributed by atoms with Crippen molar-refractivity contribution in [1.29, 1.82) is 0 Å². The standard InChI is InChI=1S/C16H18FNO2/c17-15-8-7-13(6-5-11-19)12-14(15)16(20)18-9-3-1-2-4-10-18/h7-8,12,19H,1-4,9-11H2. The molecule has 1 N–H and O–H groups in total. The second kappa shape index (κ2) is 7.06. The molecule has 0 radical (unpaired) electrons. The van der Waals surface area contributed by atoms with Crippen LogP contribution in [0.25, 0.3) is 0 Å². The Morgan fingerprint density at radius 3 is 2.60 bits per heavy atom. The van der Waals surface area contributed by atoms with Crippen LogP contribution in [-0.2, 0) is 0 Å². The van der Waals surface area contributed by atoms with Crippen molar-refractivity contribution >= 4 is 5.91 Å². The van der Waals surface area contributed by atoms with E-state index in [0.717, 1.165) is 25.7 Å². The molecule has 4 heteroatoms. The molecule has 1 aromatic rings. The Hall–Kier alpha value is -1.86. The van der Waals surface area contributed by atoms with E-state index in [1.54, 1.807) is 4.90 Å². The topological polar surface area (TPSA) is 40.5 Å². The first-order valence-corrected chi connectivity index (χ1v) is 6.91. The summed E-state index contributed by atoms with van der Waals surface area (Å²) in [4.78, 5) is 14.1. The minimum Gasteiger partial charge on any atom is -0.384 e. The average Bonchev–Trinajstić information content (AvgIpc) is 2.75. The van der Waals surface area contributed by atoms with Crippen LogP contribution in [0.4, 0.5) is 4.39 Å². The molecule has 0 aromatic heterocycles. The molecular formula is C16H18FNO2. The molecule has 1 amide bonds. The summed E-state index contributed by atoms with van der Waals surface area (Å²) in [6.07, 6.45) is 4.18. The fourth-order valence-electron chi connectivity index (χ4n) is 2.35. The summed E-state index contributed by atoms with van der Waals surface area (Å²) in [5, 5.41) is 8.67.